The van der Waals surface area contributed by atoms with Crippen LogP contribution >= 0.6 is 23.4 Å². The summed E-state index contributed by atoms with van der Waals surface area (Å²) in [5.41, 5.74) is 0. The van der Waals surface area contributed by atoms with E-state index < -0.39 is 0 Å². The van der Waals surface area contributed by atoms with Crippen LogP contribution < -0.4 is 0 Å². The van der Waals surface area contributed by atoms with E-state index >= 15 is 0 Å². The summed E-state index contributed by atoms with van der Waals surface area (Å²) in [5.74, 6) is 2.07. The van der Waals surface area contributed by atoms with E-state index in [0.717, 1.165) is 5.88 Å². The van der Waals surface area contributed by atoms with E-state index in [1.807, 2.05) is 11.8 Å². The maximum atomic E-state index is 5.64. The average Bonchev–Trinajstić information content (AvgIpc) is 1.98. The molecule has 0 aromatic heterocycles. The molecule has 0 N–H and O–H groups in total. The van der Waals surface area contributed by atoms with Crippen molar-refractivity contribution in [2.75, 3.05) is 11.6 Å². The van der Waals surface area contributed by atoms with Crippen molar-refractivity contribution in [3.8, 4) is 0 Å². The summed E-state index contributed by atoms with van der Waals surface area (Å²) in [6.45, 7) is 4.42. The quantitative estimate of drug-likeness (QED) is 0.445. The highest BCUT2D eigenvalue weighted by atomic mass is 35.5. The summed E-state index contributed by atoms with van der Waals surface area (Å²) in [6.07, 6.45) is 4.03. The third kappa shape index (κ3) is 6.76. The zero-order valence-corrected chi connectivity index (χ0v) is 8.47. The molecule has 0 nitrogen and oxygen atoms in total. The summed E-state index contributed by atoms with van der Waals surface area (Å²) >= 11 is 7.63. The van der Waals surface area contributed by atoms with Crippen molar-refractivity contribution in [1.29, 1.82) is 0 Å². The van der Waals surface area contributed by atoms with E-state index in [-0.39, 0.29) is 0 Å². The largest absolute Gasteiger partial charge is 0.158 e. The first-order valence-electron chi connectivity index (χ1n) is 3.98. The number of rotatable bonds is 6. The maximum absolute atomic E-state index is 5.64. The first kappa shape index (κ1) is 10.6. The third-order valence-corrected chi connectivity index (χ3v) is 3.27. The average molecular weight is 181 g/mol. The molecule has 0 bridgehead atoms. The van der Waals surface area contributed by atoms with Gasteiger partial charge in [-0.2, -0.15) is 11.8 Å². The molecule has 62 valence electrons. The zero-order chi connectivity index (χ0) is 7.82. The van der Waals surface area contributed by atoms with Gasteiger partial charge in [0.05, 0.1) is 0 Å². The number of halogens is 1. The number of alkyl halides is 1. The van der Waals surface area contributed by atoms with Gasteiger partial charge >= 0.3 is 0 Å². The van der Waals surface area contributed by atoms with Crippen molar-refractivity contribution in [2.45, 2.75) is 38.4 Å². The highest BCUT2D eigenvalue weighted by Crippen LogP contribution is 2.13. The molecular weight excluding hydrogens is 164 g/mol. The molecule has 0 fully saturated rings. The van der Waals surface area contributed by atoms with Gasteiger partial charge in [0.2, 0.25) is 0 Å². The topological polar surface area (TPSA) is 0 Å². The van der Waals surface area contributed by atoms with Gasteiger partial charge in [0.1, 0.15) is 0 Å². The van der Waals surface area contributed by atoms with Crippen molar-refractivity contribution in [1.82, 2.24) is 0 Å². The van der Waals surface area contributed by atoms with Gasteiger partial charge in [-0.25, -0.2) is 0 Å². The second kappa shape index (κ2) is 7.74. The predicted octanol–water partition coefficient (Wildman–Crippen LogP) is 3.54. The Bertz CT molecular complexity index is 66.3. The molecule has 1 unspecified atom stereocenters. The number of hydrogen-bond acceptors (Lipinski definition) is 1. The van der Waals surface area contributed by atoms with Crippen molar-refractivity contribution < 1.29 is 0 Å². The Hall–Kier alpha value is 0.640. The normalized spacial score (nSPS) is 13.5. The monoisotopic (exact) mass is 180 g/mol. The molecule has 0 heterocycles. The SMILES string of the molecule is CCCCCSC(C)CCl. The molecule has 0 aromatic carbocycles. The lowest BCUT2D eigenvalue weighted by Gasteiger charge is -2.05. The summed E-state index contributed by atoms with van der Waals surface area (Å²) in [6, 6.07) is 0. The highest BCUT2D eigenvalue weighted by molar-refractivity contribution is 7.99. The van der Waals surface area contributed by atoms with Crippen molar-refractivity contribution in [3.05, 3.63) is 0 Å². The van der Waals surface area contributed by atoms with Crippen LogP contribution in [0.3, 0.4) is 0 Å². The van der Waals surface area contributed by atoms with Gasteiger partial charge in [0.25, 0.3) is 0 Å². The van der Waals surface area contributed by atoms with Crippen LogP contribution in [0.15, 0.2) is 0 Å². The molecule has 0 aliphatic rings. The Balaban J connectivity index is 2.89. The van der Waals surface area contributed by atoms with Crippen LogP contribution in [0.1, 0.15) is 33.1 Å². The first-order chi connectivity index (χ1) is 4.81. The van der Waals surface area contributed by atoms with Gasteiger partial charge < -0.3 is 0 Å². The van der Waals surface area contributed by atoms with E-state index in [1.165, 1.54) is 25.0 Å². The second-order valence-corrected chi connectivity index (χ2v) is 4.40. The minimum atomic E-state index is 0.638. The van der Waals surface area contributed by atoms with Gasteiger partial charge in [-0.05, 0) is 12.2 Å². The predicted molar refractivity (Wildman–Crippen MR) is 52.2 cm³/mol. The molecule has 0 spiro atoms. The van der Waals surface area contributed by atoms with E-state index in [0.29, 0.717) is 5.25 Å². The highest BCUT2D eigenvalue weighted by Gasteiger charge is 1.97. The van der Waals surface area contributed by atoms with Crippen LogP contribution in [0.25, 0.3) is 0 Å². The Labute approximate surface area is 73.7 Å². The van der Waals surface area contributed by atoms with Gasteiger partial charge in [-0.3, -0.25) is 0 Å². The number of unbranched alkanes of at least 4 members (excludes halogenated alkanes) is 2. The standard InChI is InChI=1S/C8H17ClS/c1-3-4-5-6-10-8(2)7-9/h8H,3-7H2,1-2H3. The van der Waals surface area contributed by atoms with Crippen LogP contribution in [0, 0.1) is 0 Å². The van der Waals surface area contributed by atoms with E-state index in [9.17, 15) is 0 Å². The molecule has 1 atom stereocenters. The number of hydrogen-bond donors (Lipinski definition) is 0. The summed E-state index contributed by atoms with van der Waals surface area (Å²) in [7, 11) is 0. The van der Waals surface area contributed by atoms with Crippen molar-refractivity contribution in [2.24, 2.45) is 0 Å². The van der Waals surface area contributed by atoms with Crippen LogP contribution in [0.2, 0.25) is 0 Å². The fourth-order valence-electron chi connectivity index (χ4n) is 0.681. The molecule has 0 radical (unpaired) electrons. The Morgan fingerprint density at radius 2 is 2.10 bits per heavy atom. The Morgan fingerprint density at radius 3 is 2.60 bits per heavy atom. The van der Waals surface area contributed by atoms with Crippen LogP contribution in [0.5, 0.6) is 0 Å². The molecule has 0 amide bonds. The molecule has 0 aromatic rings. The minimum Gasteiger partial charge on any atom is -0.158 e. The lowest BCUT2D eigenvalue weighted by molar-refractivity contribution is 0.777. The first-order valence-corrected chi connectivity index (χ1v) is 5.57. The molecule has 0 aliphatic carbocycles. The lowest BCUT2D eigenvalue weighted by atomic mass is 10.3. The van der Waals surface area contributed by atoms with Gasteiger partial charge in [0, 0.05) is 11.1 Å². The smallest absolute Gasteiger partial charge is 0.0339 e. The van der Waals surface area contributed by atoms with Gasteiger partial charge in [-0.1, -0.05) is 26.7 Å². The second-order valence-electron chi connectivity index (χ2n) is 2.54. The molecule has 0 saturated heterocycles. The van der Waals surface area contributed by atoms with Crippen LogP contribution in [0.4, 0.5) is 0 Å². The Morgan fingerprint density at radius 1 is 1.40 bits per heavy atom. The fourth-order valence-corrected chi connectivity index (χ4v) is 1.81. The molecular formula is C8H17ClS. The van der Waals surface area contributed by atoms with E-state index in [4.69, 9.17) is 11.6 Å². The molecule has 0 aliphatic heterocycles. The fraction of sp³-hybridized carbons (Fsp3) is 1.00. The Kier molecular flexibility index (Phi) is 8.24. The maximum Gasteiger partial charge on any atom is 0.0339 e. The van der Waals surface area contributed by atoms with Gasteiger partial charge in [0.15, 0.2) is 0 Å². The molecule has 0 saturated carbocycles. The molecule has 10 heavy (non-hydrogen) atoms. The van der Waals surface area contributed by atoms with Crippen LogP contribution in [-0.4, -0.2) is 16.9 Å². The summed E-state index contributed by atoms with van der Waals surface area (Å²) in [5, 5.41) is 0.638. The van der Waals surface area contributed by atoms with Crippen molar-refractivity contribution in [3.63, 3.8) is 0 Å². The van der Waals surface area contributed by atoms with Crippen molar-refractivity contribution >= 4 is 23.4 Å². The van der Waals surface area contributed by atoms with E-state index in [1.54, 1.807) is 0 Å². The number of thioether (sulfide) groups is 1. The lowest BCUT2D eigenvalue weighted by Crippen LogP contribution is -1.98. The third-order valence-electron chi connectivity index (χ3n) is 1.37. The molecule has 2 heteroatoms. The van der Waals surface area contributed by atoms with Gasteiger partial charge in [-0.15, -0.1) is 11.6 Å². The molecule has 0 rings (SSSR count). The summed E-state index contributed by atoms with van der Waals surface area (Å²) in [4.78, 5) is 0. The summed E-state index contributed by atoms with van der Waals surface area (Å²) < 4.78 is 0. The van der Waals surface area contributed by atoms with Crippen LogP contribution in [-0.2, 0) is 0 Å². The van der Waals surface area contributed by atoms with E-state index in [2.05, 4.69) is 13.8 Å². The minimum absolute atomic E-state index is 0.638. The zero-order valence-electron chi connectivity index (χ0n) is 6.90.